The summed E-state index contributed by atoms with van der Waals surface area (Å²) in [5, 5.41) is 8.57. The lowest BCUT2D eigenvalue weighted by molar-refractivity contribution is 0.543. The number of rotatable bonds is 3. The minimum absolute atomic E-state index is 0.220. The lowest BCUT2D eigenvalue weighted by Crippen LogP contribution is -2.54. The number of amidine groups is 1. The first-order valence-electron chi connectivity index (χ1n) is 9.03. The molecule has 1 aliphatic heterocycles. The molecule has 1 aromatic carbocycles. The van der Waals surface area contributed by atoms with Gasteiger partial charge in [0.05, 0.1) is 19.5 Å². The monoisotopic (exact) mass is 466 g/mol. The molecule has 158 valence electrons. The molecule has 2 aromatic heterocycles. The lowest BCUT2D eigenvalue weighted by atomic mass is 10.0. The van der Waals surface area contributed by atoms with Crippen molar-refractivity contribution >= 4 is 44.2 Å². The molecule has 0 aliphatic carbocycles. The first kappa shape index (κ1) is 21.0. The molecule has 0 bridgehead atoms. The standard InChI is InChI=1S/C20H20ClFN4O2S2/c1-19(2)18(23)24-20(3,10-30(19,4)27)15-13(21)9-14(29-15)17-26-25-16(28-17)11-5-7-12(22)8-6-11/h5-9H,4,10H2,1-3H3,(H2,23,24)/t20-,30?/m0/s1. The van der Waals surface area contributed by atoms with Crippen LogP contribution in [0, 0.1) is 5.82 Å². The molecule has 0 saturated heterocycles. The predicted octanol–water partition coefficient (Wildman–Crippen LogP) is 4.34. The average molecular weight is 467 g/mol. The van der Waals surface area contributed by atoms with Gasteiger partial charge in [0.15, 0.2) is 0 Å². The summed E-state index contributed by atoms with van der Waals surface area (Å²) in [4.78, 5) is 6.01. The molecule has 0 saturated carbocycles. The largest absolute Gasteiger partial charge is 0.415 e. The maximum Gasteiger partial charge on any atom is 0.258 e. The van der Waals surface area contributed by atoms with Gasteiger partial charge < -0.3 is 10.2 Å². The second-order valence-electron chi connectivity index (χ2n) is 7.94. The maximum atomic E-state index is 13.3. The fraction of sp³-hybridized carbons (Fsp3) is 0.300. The minimum Gasteiger partial charge on any atom is -0.415 e. The van der Waals surface area contributed by atoms with Crippen LogP contribution in [-0.2, 0) is 15.1 Å². The first-order valence-corrected chi connectivity index (χ1v) is 12.1. The van der Waals surface area contributed by atoms with Crippen LogP contribution in [0.4, 0.5) is 4.39 Å². The van der Waals surface area contributed by atoms with Crippen molar-refractivity contribution in [2.75, 3.05) is 5.75 Å². The van der Waals surface area contributed by atoms with Gasteiger partial charge >= 0.3 is 0 Å². The number of aliphatic imine (C=N–C) groups is 1. The molecule has 2 atom stereocenters. The Bertz CT molecular complexity index is 1260. The molecule has 30 heavy (non-hydrogen) atoms. The normalized spacial score (nSPS) is 25.8. The van der Waals surface area contributed by atoms with Crippen molar-refractivity contribution in [1.29, 1.82) is 0 Å². The zero-order valence-corrected chi connectivity index (χ0v) is 19.0. The molecule has 3 aromatic rings. The number of hydrogen-bond donors (Lipinski definition) is 1. The summed E-state index contributed by atoms with van der Waals surface area (Å²) in [6, 6.07) is 7.48. The molecular formula is C20H20ClFN4O2S2. The average Bonchev–Trinajstić information content (AvgIpc) is 3.27. The van der Waals surface area contributed by atoms with E-state index >= 15 is 0 Å². The summed E-state index contributed by atoms with van der Waals surface area (Å²) in [5.41, 5.74) is 5.90. The van der Waals surface area contributed by atoms with E-state index in [0.29, 0.717) is 26.2 Å². The number of halogens is 2. The number of thiophene rings is 1. The first-order chi connectivity index (χ1) is 13.9. The third kappa shape index (κ3) is 3.34. The van der Waals surface area contributed by atoms with Crippen LogP contribution in [-0.4, -0.2) is 36.6 Å². The van der Waals surface area contributed by atoms with Crippen molar-refractivity contribution in [2.24, 2.45) is 10.7 Å². The SMILES string of the molecule is C=S1(=O)C[C@@](C)(c2sc(-c3nnc(-c4ccc(F)cc4)o3)cc2Cl)N=C(N)C1(C)C. The highest BCUT2D eigenvalue weighted by molar-refractivity contribution is 8.02. The van der Waals surface area contributed by atoms with Gasteiger partial charge in [-0.15, -0.1) is 21.5 Å². The van der Waals surface area contributed by atoms with E-state index in [1.54, 1.807) is 32.0 Å². The van der Waals surface area contributed by atoms with E-state index in [9.17, 15) is 8.60 Å². The molecule has 0 radical (unpaired) electrons. The van der Waals surface area contributed by atoms with E-state index in [1.165, 1.54) is 23.5 Å². The molecular weight excluding hydrogens is 447 g/mol. The Morgan fingerprint density at radius 1 is 1.23 bits per heavy atom. The van der Waals surface area contributed by atoms with Crippen LogP contribution in [0.15, 0.2) is 39.7 Å². The van der Waals surface area contributed by atoms with Crippen LogP contribution in [0.3, 0.4) is 0 Å². The van der Waals surface area contributed by atoms with Gasteiger partial charge in [0.2, 0.25) is 5.89 Å². The van der Waals surface area contributed by atoms with Crippen molar-refractivity contribution in [3.63, 3.8) is 0 Å². The summed E-state index contributed by atoms with van der Waals surface area (Å²) in [6.07, 6.45) is 0. The maximum absolute atomic E-state index is 13.3. The lowest BCUT2D eigenvalue weighted by Gasteiger charge is -2.40. The zero-order chi connectivity index (χ0) is 21.9. The fourth-order valence-corrected chi connectivity index (χ4v) is 6.80. The molecule has 4 rings (SSSR count). The highest BCUT2D eigenvalue weighted by Crippen LogP contribution is 2.45. The van der Waals surface area contributed by atoms with Gasteiger partial charge in [-0.1, -0.05) is 11.6 Å². The third-order valence-corrected chi connectivity index (χ3v) is 10.2. The van der Waals surface area contributed by atoms with Gasteiger partial charge in [-0.25, -0.2) is 4.39 Å². The summed E-state index contributed by atoms with van der Waals surface area (Å²) in [7, 11) is -2.56. The number of nitrogens with zero attached hydrogens (tertiary/aromatic N) is 3. The Balaban J connectivity index is 1.73. The van der Waals surface area contributed by atoms with Crippen LogP contribution in [0.2, 0.25) is 5.02 Å². The van der Waals surface area contributed by atoms with Crippen LogP contribution < -0.4 is 5.73 Å². The topological polar surface area (TPSA) is 94.4 Å². The van der Waals surface area contributed by atoms with Crippen molar-refractivity contribution in [1.82, 2.24) is 10.2 Å². The molecule has 2 N–H and O–H groups in total. The van der Waals surface area contributed by atoms with Crippen LogP contribution in [0.25, 0.3) is 22.2 Å². The van der Waals surface area contributed by atoms with Gasteiger partial charge in [-0.3, -0.25) is 9.20 Å². The molecule has 3 heterocycles. The number of aromatic nitrogens is 2. The molecule has 10 heteroatoms. The van der Waals surface area contributed by atoms with Crippen molar-refractivity contribution < 1.29 is 13.0 Å². The van der Waals surface area contributed by atoms with E-state index in [1.807, 2.05) is 6.92 Å². The van der Waals surface area contributed by atoms with E-state index in [2.05, 4.69) is 21.1 Å². The molecule has 0 spiro atoms. The Morgan fingerprint density at radius 2 is 1.87 bits per heavy atom. The number of hydrogen-bond acceptors (Lipinski definition) is 7. The van der Waals surface area contributed by atoms with Crippen LogP contribution in [0.1, 0.15) is 25.6 Å². The Kier molecular flexibility index (Phi) is 4.83. The Morgan fingerprint density at radius 3 is 2.50 bits per heavy atom. The van der Waals surface area contributed by atoms with E-state index in [0.717, 1.165) is 0 Å². The highest BCUT2D eigenvalue weighted by atomic mass is 35.5. The van der Waals surface area contributed by atoms with Crippen LogP contribution in [0.5, 0.6) is 0 Å². The van der Waals surface area contributed by atoms with E-state index < -0.39 is 19.8 Å². The minimum atomic E-state index is -2.56. The Hall–Kier alpha value is -2.23. The Labute approximate surface area is 183 Å². The van der Waals surface area contributed by atoms with Crippen molar-refractivity contribution in [2.45, 2.75) is 31.1 Å². The zero-order valence-electron chi connectivity index (χ0n) is 16.6. The molecule has 6 nitrogen and oxygen atoms in total. The van der Waals surface area contributed by atoms with Gasteiger partial charge in [0.25, 0.3) is 5.89 Å². The third-order valence-electron chi connectivity index (χ3n) is 5.33. The smallest absolute Gasteiger partial charge is 0.258 e. The second-order valence-corrected chi connectivity index (χ2v) is 12.3. The van der Waals surface area contributed by atoms with Crippen molar-refractivity contribution in [3.8, 4) is 22.2 Å². The van der Waals surface area contributed by atoms with Gasteiger partial charge in [-0.2, -0.15) is 0 Å². The van der Waals surface area contributed by atoms with Gasteiger partial charge in [0.1, 0.15) is 17.2 Å². The van der Waals surface area contributed by atoms with E-state index in [4.69, 9.17) is 21.8 Å². The second kappa shape index (κ2) is 6.90. The summed E-state index contributed by atoms with van der Waals surface area (Å²) < 4.78 is 31.4. The number of benzene rings is 1. The van der Waals surface area contributed by atoms with Crippen LogP contribution >= 0.6 is 22.9 Å². The molecule has 1 aliphatic rings. The summed E-state index contributed by atoms with van der Waals surface area (Å²) in [6.45, 7) is 5.43. The predicted molar refractivity (Wildman–Crippen MR) is 121 cm³/mol. The summed E-state index contributed by atoms with van der Waals surface area (Å²) in [5.74, 6) is 4.66. The molecule has 0 amide bonds. The molecule has 1 unspecified atom stereocenters. The van der Waals surface area contributed by atoms with Gasteiger partial charge in [-0.05, 0) is 66.5 Å². The fourth-order valence-electron chi connectivity index (χ4n) is 3.25. The molecule has 0 fully saturated rings. The van der Waals surface area contributed by atoms with Crippen molar-refractivity contribution in [3.05, 3.63) is 46.0 Å². The van der Waals surface area contributed by atoms with E-state index in [-0.39, 0.29) is 23.4 Å². The van der Waals surface area contributed by atoms with Gasteiger partial charge in [0, 0.05) is 11.3 Å². The number of nitrogens with two attached hydrogens (primary N) is 1. The summed E-state index contributed by atoms with van der Waals surface area (Å²) >= 11 is 7.85. The highest BCUT2D eigenvalue weighted by Gasteiger charge is 2.46. The quantitative estimate of drug-likeness (QED) is 0.579.